The summed E-state index contributed by atoms with van der Waals surface area (Å²) in [6, 6.07) is 66.5. The second kappa shape index (κ2) is 12.0. The average molecular weight is 628 g/mol. The minimum atomic E-state index is -2.95. The summed E-state index contributed by atoms with van der Waals surface area (Å²) in [5.41, 5.74) is 5.36. The molecule has 0 radical (unpaired) electrons. The van der Waals surface area contributed by atoms with Crippen molar-refractivity contribution in [1.29, 1.82) is 10.5 Å². The summed E-state index contributed by atoms with van der Waals surface area (Å²) in [6.45, 7) is 0. The number of fused-ring (bicyclic) bond motifs is 3. The number of aromatic nitrogens is 1. The van der Waals surface area contributed by atoms with E-state index >= 15 is 0 Å². The van der Waals surface area contributed by atoms with E-state index in [1.165, 1.54) is 20.7 Å². The maximum absolute atomic E-state index is 10.8. The van der Waals surface area contributed by atoms with Gasteiger partial charge in [0.05, 0.1) is 27.8 Å². The van der Waals surface area contributed by atoms with Crippen molar-refractivity contribution in [2.75, 3.05) is 0 Å². The molecule has 8 rings (SSSR count). The molecule has 0 aliphatic heterocycles. The second-order valence-corrected chi connectivity index (χ2v) is 15.6. The van der Waals surface area contributed by atoms with E-state index in [0.717, 1.165) is 38.6 Å². The fourth-order valence-corrected chi connectivity index (χ4v) is 12.5. The van der Waals surface area contributed by atoms with Crippen LogP contribution in [0.3, 0.4) is 0 Å². The number of hydrogen-bond acceptors (Lipinski definition) is 2. The third-order valence-corrected chi connectivity index (χ3v) is 14.3. The molecule has 4 heteroatoms. The Balaban J connectivity index is 1.56. The SMILES string of the molecule is N#Cc1ccc(-c2ccccc2[Si](c2ccccc2)(c2ccccc2)c2ccccc2)c(-n2c3ccccc3c3ccccc32)c1C#N. The molecule has 0 spiro atoms. The van der Waals surface area contributed by atoms with E-state index in [1.54, 1.807) is 6.07 Å². The van der Waals surface area contributed by atoms with Gasteiger partial charge in [-0.25, -0.2) is 0 Å². The maximum Gasteiger partial charge on any atom is 0.180 e. The zero-order chi connectivity index (χ0) is 32.5. The third-order valence-electron chi connectivity index (χ3n) is 9.46. The van der Waals surface area contributed by atoms with E-state index in [9.17, 15) is 10.5 Å². The first-order valence-electron chi connectivity index (χ1n) is 16.0. The molecule has 224 valence electrons. The highest BCUT2D eigenvalue weighted by Crippen LogP contribution is 2.38. The third kappa shape index (κ3) is 4.40. The van der Waals surface area contributed by atoms with Gasteiger partial charge < -0.3 is 4.57 Å². The molecule has 0 aliphatic carbocycles. The van der Waals surface area contributed by atoms with Crippen molar-refractivity contribution in [3.05, 3.63) is 187 Å². The summed E-state index contributed by atoms with van der Waals surface area (Å²) in [5.74, 6) is 0. The molecule has 1 heterocycles. The van der Waals surface area contributed by atoms with Crippen LogP contribution in [0.5, 0.6) is 0 Å². The van der Waals surface area contributed by atoms with Crippen molar-refractivity contribution < 1.29 is 0 Å². The van der Waals surface area contributed by atoms with Gasteiger partial charge in [0.1, 0.15) is 12.1 Å². The van der Waals surface area contributed by atoms with Crippen molar-refractivity contribution >= 4 is 50.6 Å². The van der Waals surface area contributed by atoms with E-state index in [-0.39, 0.29) is 0 Å². The molecule has 7 aromatic carbocycles. The standard InChI is InChI=1S/C44H29N3Si/c45-30-32-28-29-39(44(40(32)31-46)47-41-25-13-10-22-36(41)37-23-11-14-26-42(37)47)38-24-12-15-27-43(38)48(33-16-4-1-5-17-33,34-18-6-2-7-19-34)35-20-8-3-9-21-35/h1-29H. The summed E-state index contributed by atoms with van der Waals surface area (Å²) in [7, 11) is -2.95. The van der Waals surface area contributed by atoms with Crippen LogP contribution in [-0.2, 0) is 0 Å². The molecule has 48 heavy (non-hydrogen) atoms. The molecule has 0 atom stereocenters. The van der Waals surface area contributed by atoms with Gasteiger partial charge in [-0.05, 0) is 44.5 Å². The minimum absolute atomic E-state index is 0.355. The van der Waals surface area contributed by atoms with E-state index in [0.29, 0.717) is 11.1 Å². The molecular formula is C44H29N3Si. The summed E-state index contributed by atoms with van der Waals surface area (Å²) in [5, 5.41) is 28.3. The monoisotopic (exact) mass is 627 g/mol. The van der Waals surface area contributed by atoms with Crippen molar-refractivity contribution in [3.8, 4) is 29.0 Å². The van der Waals surface area contributed by atoms with E-state index in [2.05, 4.69) is 156 Å². The fourth-order valence-electron chi connectivity index (χ4n) is 7.49. The van der Waals surface area contributed by atoms with Crippen LogP contribution < -0.4 is 20.7 Å². The first-order chi connectivity index (χ1) is 23.8. The quantitative estimate of drug-likeness (QED) is 0.141. The molecular weight excluding hydrogens is 599 g/mol. The molecule has 0 saturated carbocycles. The lowest BCUT2D eigenvalue weighted by Crippen LogP contribution is -2.75. The summed E-state index contributed by atoms with van der Waals surface area (Å²) in [6.07, 6.45) is 0. The second-order valence-electron chi connectivity index (χ2n) is 11.9. The predicted molar refractivity (Wildman–Crippen MR) is 199 cm³/mol. The van der Waals surface area contributed by atoms with E-state index in [1.807, 2.05) is 30.3 Å². The van der Waals surface area contributed by atoms with Crippen LogP contribution >= 0.6 is 0 Å². The van der Waals surface area contributed by atoms with Gasteiger partial charge in [0.2, 0.25) is 0 Å². The van der Waals surface area contributed by atoms with Gasteiger partial charge in [0, 0.05) is 16.3 Å². The van der Waals surface area contributed by atoms with Gasteiger partial charge in [0.15, 0.2) is 8.07 Å². The molecule has 3 nitrogen and oxygen atoms in total. The normalized spacial score (nSPS) is 11.3. The van der Waals surface area contributed by atoms with Crippen molar-refractivity contribution in [3.63, 3.8) is 0 Å². The minimum Gasteiger partial charge on any atom is -0.307 e. The van der Waals surface area contributed by atoms with Gasteiger partial charge in [-0.15, -0.1) is 0 Å². The van der Waals surface area contributed by atoms with Crippen molar-refractivity contribution in [2.45, 2.75) is 0 Å². The Kier molecular flexibility index (Phi) is 7.27. The molecule has 0 unspecified atom stereocenters. The Morgan fingerprint density at radius 3 is 1.38 bits per heavy atom. The van der Waals surface area contributed by atoms with Crippen LogP contribution in [0.1, 0.15) is 11.1 Å². The van der Waals surface area contributed by atoms with Crippen LogP contribution in [-0.4, -0.2) is 12.6 Å². The number of hydrogen-bond donors (Lipinski definition) is 0. The maximum atomic E-state index is 10.8. The first kappa shape index (κ1) is 29.0. The Bertz CT molecular complexity index is 2370. The highest BCUT2D eigenvalue weighted by molar-refractivity contribution is 7.20. The topological polar surface area (TPSA) is 52.5 Å². The van der Waals surface area contributed by atoms with Crippen LogP contribution in [0, 0.1) is 22.7 Å². The molecule has 1 aromatic heterocycles. The summed E-state index contributed by atoms with van der Waals surface area (Å²) < 4.78 is 2.19. The Labute approximate surface area is 280 Å². The van der Waals surface area contributed by atoms with E-state index < -0.39 is 8.07 Å². The van der Waals surface area contributed by atoms with Gasteiger partial charge in [-0.2, -0.15) is 10.5 Å². The Morgan fingerprint density at radius 2 is 0.875 bits per heavy atom. The van der Waals surface area contributed by atoms with Gasteiger partial charge in [-0.3, -0.25) is 0 Å². The molecule has 8 aromatic rings. The lowest BCUT2D eigenvalue weighted by Gasteiger charge is -2.36. The van der Waals surface area contributed by atoms with Crippen LogP contribution in [0.25, 0.3) is 38.6 Å². The summed E-state index contributed by atoms with van der Waals surface area (Å²) in [4.78, 5) is 0. The van der Waals surface area contributed by atoms with Crippen LogP contribution in [0.15, 0.2) is 176 Å². The molecule has 0 fully saturated rings. The number of nitriles is 2. The Hall–Kier alpha value is -6.46. The molecule has 0 saturated heterocycles. The predicted octanol–water partition coefficient (Wildman–Crippen LogP) is 7.57. The average Bonchev–Trinajstić information content (AvgIpc) is 3.50. The van der Waals surface area contributed by atoms with Crippen molar-refractivity contribution in [1.82, 2.24) is 4.57 Å². The number of nitrogens with zero attached hydrogens (tertiary/aromatic N) is 3. The molecule has 0 N–H and O–H groups in total. The van der Waals surface area contributed by atoms with Gasteiger partial charge in [-0.1, -0.05) is 158 Å². The lowest BCUT2D eigenvalue weighted by molar-refractivity contribution is 1.16. The zero-order valence-corrected chi connectivity index (χ0v) is 27.1. The highest BCUT2D eigenvalue weighted by atomic mass is 28.3. The molecule has 0 bridgehead atoms. The zero-order valence-electron chi connectivity index (χ0n) is 26.1. The summed E-state index contributed by atoms with van der Waals surface area (Å²) >= 11 is 0. The number of rotatable bonds is 6. The fraction of sp³-hybridized carbons (Fsp3) is 0. The van der Waals surface area contributed by atoms with E-state index in [4.69, 9.17) is 0 Å². The first-order valence-corrected chi connectivity index (χ1v) is 18.0. The van der Waals surface area contributed by atoms with Crippen molar-refractivity contribution in [2.24, 2.45) is 0 Å². The smallest absolute Gasteiger partial charge is 0.180 e. The molecule has 0 aliphatic rings. The largest absolute Gasteiger partial charge is 0.307 e. The lowest BCUT2D eigenvalue weighted by atomic mass is 9.96. The van der Waals surface area contributed by atoms with Crippen LogP contribution in [0.2, 0.25) is 0 Å². The van der Waals surface area contributed by atoms with Crippen LogP contribution in [0.4, 0.5) is 0 Å². The Morgan fingerprint density at radius 1 is 0.417 bits per heavy atom. The van der Waals surface area contributed by atoms with Gasteiger partial charge in [0.25, 0.3) is 0 Å². The highest BCUT2D eigenvalue weighted by Gasteiger charge is 2.43. The number of benzene rings is 7. The number of para-hydroxylation sites is 2. The van der Waals surface area contributed by atoms with Gasteiger partial charge >= 0.3 is 0 Å². The molecule has 0 amide bonds.